The second-order valence-corrected chi connectivity index (χ2v) is 11.5. The Labute approximate surface area is 236 Å². The summed E-state index contributed by atoms with van der Waals surface area (Å²) in [7, 11) is 0. The van der Waals surface area contributed by atoms with Gasteiger partial charge in [-0.2, -0.15) is 0 Å². The quantitative estimate of drug-likeness (QED) is 0.203. The van der Waals surface area contributed by atoms with Crippen LogP contribution in [0.4, 0.5) is 0 Å². The van der Waals surface area contributed by atoms with Crippen molar-refractivity contribution in [1.29, 1.82) is 0 Å². The Morgan fingerprint density at radius 2 is 1.77 bits per heavy atom. The summed E-state index contributed by atoms with van der Waals surface area (Å²) in [5, 5.41) is 30.3. The van der Waals surface area contributed by atoms with Gasteiger partial charge in [-0.05, 0) is 54.5 Å². The van der Waals surface area contributed by atoms with Crippen LogP contribution in [0.3, 0.4) is 0 Å². The summed E-state index contributed by atoms with van der Waals surface area (Å²) in [5.74, 6) is -1.81. The molecule has 0 saturated carbocycles. The largest absolute Gasteiger partial charge is 0.508 e. The number of thioether (sulfide) groups is 2. The van der Waals surface area contributed by atoms with Gasteiger partial charge >= 0.3 is 11.9 Å². The van der Waals surface area contributed by atoms with E-state index in [1.54, 1.807) is 31.2 Å². The maximum Gasteiger partial charge on any atom is 0.352 e. The van der Waals surface area contributed by atoms with Crippen LogP contribution in [0.5, 0.6) is 5.75 Å². The number of aliphatic carboxylic acids is 1. The Balaban J connectivity index is 1.59. The van der Waals surface area contributed by atoms with Crippen molar-refractivity contribution in [3.05, 3.63) is 81.7 Å². The van der Waals surface area contributed by atoms with E-state index >= 15 is 0 Å². The number of phenolic OH excluding ortho intramolecular Hbond substituents is 1. The lowest BCUT2D eigenvalue weighted by Crippen LogP contribution is -2.41. The highest BCUT2D eigenvalue weighted by atomic mass is 32.2. The van der Waals surface area contributed by atoms with Gasteiger partial charge in [-0.25, -0.2) is 9.59 Å². The molecule has 2 heterocycles. The van der Waals surface area contributed by atoms with Crippen LogP contribution in [-0.2, 0) is 9.59 Å². The summed E-state index contributed by atoms with van der Waals surface area (Å²) < 4.78 is 5.87. The van der Waals surface area contributed by atoms with Crippen molar-refractivity contribution in [1.82, 2.24) is 4.90 Å². The van der Waals surface area contributed by atoms with Gasteiger partial charge in [0.25, 0.3) is 0 Å². The highest BCUT2D eigenvalue weighted by Crippen LogP contribution is 2.43. The van der Waals surface area contributed by atoms with Crippen LogP contribution in [0.15, 0.2) is 80.0 Å². The fourth-order valence-electron chi connectivity index (χ4n) is 4.82. The Morgan fingerprint density at radius 1 is 1.02 bits per heavy atom. The van der Waals surface area contributed by atoms with E-state index in [2.05, 4.69) is 0 Å². The number of carboxylic acids is 2. The Bertz CT molecular complexity index is 1760. The molecule has 1 amide bonds. The van der Waals surface area contributed by atoms with Gasteiger partial charge in [-0.15, -0.1) is 23.5 Å². The predicted molar refractivity (Wildman–Crippen MR) is 153 cm³/mol. The second-order valence-electron chi connectivity index (χ2n) is 9.17. The molecule has 2 aromatic rings. The monoisotopic (exact) mass is 577 g/mol. The van der Waals surface area contributed by atoms with E-state index in [-0.39, 0.29) is 50.8 Å². The molecule has 2 aromatic carbocycles. The van der Waals surface area contributed by atoms with Gasteiger partial charge in [0, 0.05) is 52.0 Å². The second kappa shape index (κ2) is 10.7. The van der Waals surface area contributed by atoms with Crippen molar-refractivity contribution in [2.24, 2.45) is 0 Å². The summed E-state index contributed by atoms with van der Waals surface area (Å²) in [6.07, 6.45) is 0. The molecule has 11 heteroatoms. The minimum Gasteiger partial charge on any atom is -0.508 e. The number of carbonyl (C=O) groups excluding carboxylic acids is 1. The summed E-state index contributed by atoms with van der Waals surface area (Å²) in [6.45, 7) is 3.11. The number of nitrogens with zero attached hydrogens (tertiary/aromatic N) is 1. The number of hydrogen-bond acceptors (Lipinski definition) is 8. The minimum atomic E-state index is -1.18. The number of carboxylic acid groups (broad SMARTS) is 2. The third kappa shape index (κ3) is 5.05. The topological polar surface area (TPSA) is 145 Å². The molecule has 2 aliphatic heterocycles. The lowest BCUT2D eigenvalue weighted by Gasteiger charge is -2.34. The van der Waals surface area contributed by atoms with Crippen LogP contribution in [0.1, 0.15) is 24.2 Å². The van der Waals surface area contributed by atoms with Crippen LogP contribution in [0.2, 0.25) is 0 Å². The van der Waals surface area contributed by atoms with Gasteiger partial charge in [0.15, 0.2) is 5.43 Å². The molecular weight excluding hydrogens is 554 g/mol. The van der Waals surface area contributed by atoms with Crippen LogP contribution < -0.4 is 5.43 Å². The van der Waals surface area contributed by atoms with Crippen LogP contribution in [-0.4, -0.2) is 54.9 Å². The third-order valence-corrected chi connectivity index (χ3v) is 8.85. The average Bonchev–Trinajstić information content (AvgIpc) is 2.90. The molecule has 1 unspecified atom stereocenters. The van der Waals surface area contributed by atoms with Crippen molar-refractivity contribution in [2.45, 2.75) is 24.1 Å². The minimum absolute atomic E-state index is 0.00233. The lowest BCUT2D eigenvalue weighted by molar-refractivity contribution is -0.139. The first kappa shape index (κ1) is 27.4. The smallest absolute Gasteiger partial charge is 0.352 e. The summed E-state index contributed by atoms with van der Waals surface area (Å²) in [6, 6.07) is 13.7. The van der Waals surface area contributed by atoms with Gasteiger partial charge < -0.3 is 19.7 Å². The number of aromatic carboxylic acids is 1. The SMILES string of the molecule is CC(=O)N1C(C(=O)O)=C(CSc2ccc(-c3c4ccc(=O)cc-4oc4cc(O)ccc34)c(C(=O)O)c2)CSC1C. The molecule has 1 aliphatic carbocycles. The fraction of sp³-hybridized carbons (Fsp3) is 0.172. The van der Waals surface area contributed by atoms with Crippen LogP contribution >= 0.6 is 23.5 Å². The normalized spacial score (nSPS) is 15.6. The van der Waals surface area contributed by atoms with Gasteiger partial charge in [0.05, 0.1) is 10.9 Å². The molecule has 0 radical (unpaired) electrons. The van der Waals surface area contributed by atoms with E-state index in [4.69, 9.17) is 4.42 Å². The highest BCUT2D eigenvalue weighted by Gasteiger charge is 2.33. The van der Waals surface area contributed by atoms with Gasteiger partial charge in [-0.1, -0.05) is 6.07 Å². The van der Waals surface area contributed by atoms with E-state index in [0.717, 1.165) is 0 Å². The zero-order valence-electron chi connectivity index (χ0n) is 21.3. The standard InChI is InChI=1S/C29H23NO8S2/c1-14(31)30-15(2)39-12-16(27(30)29(36)37)13-40-19-5-8-20(23(11-19)28(34)35)26-21-6-3-17(32)9-24(21)38-25-10-18(33)4-7-22(25)26/h3-11,15,32H,12-13H2,1-2H3,(H,34,35)(H,36,37). The maximum atomic E-state index is 12.5. The van der Waals surface area contributed by atoms with Gasteiger partial charge in [-0.3, -0.25) is 14.5 Å². The zero-order chi connectivity index (χ0) is 28.7. The Hall–Kier alpha value is -4.22. The first-order valence-electron chi connectivity index (χ1n) is 12.1. The first-order valence-corrected chi connectivity index (χ1v) is 14.2. The zero-order valence-corrected chi connectivity index (χ0v) is 23.0. The average molecular weight is 578 g/mol. The number of benzene rings is 3. The van der Waals surface area contributed by atoms with E-state index in [0.29, 0.717) is 38.3 Å². The number of phenols is 1. The van der Waals surface area contributed by atoms with E-state index < -0.39 is 11.9 Å². The molecule has 5 rings (SSSR count). The van der Waals surface area contributed by atoms with Gasteiger partial charge in [0.2, 0.25) is 5.91 Å². The number of aromatic hydroxyl groups is 1. The summed E-state index contributed by atoms with van der Waals surface area (Å²) >= 11 is 2.74. The summed E-state index contributed by atoms with van der Waals surface area (Å²) in [5.41, 5.74) is 2.02. The van der Waals surface area contributed by atoms with Gasteiger partial charge in [0.1, 0.15) is 22.8 Å². The van der Waals surface area contributed by atoms with Crippen molar-refractivity contribution in [3.63, 3.8) is 0 Å². The molecule has 3 N–H and O–H groups in total. The first-order chi connectivity index (χ1) is 19.0. The van der Waals surface area contributed by atoms with Crippen LogP contribution in [0, 0.1) is 0 Å². The molecule has 40 heavy (non-hydrogen) atoms. The maximum absolute atomic E-state index is 12.5. The lowest BCUT2D eigenvalue weighted by atomic mass is 9.91. The number of rotatable bonds is 6. The number of carbonyl (C=O) groups is 3. The molecule has 0 aromatic heterocycles. The van der Waals surface area contributed by atoms with Crippen molar-refractivity contribution in [2.75, 3.05) is 11.5 Å². The molecule has 204 valence electrons. The highest BCUT2D eigenvalue weighted by molar-refractivity contribution is 8.00. The van der Waals surface area contributed by atoms with Crippen molar-refractivity contribution in [3.8, 4) is 28.2 Å². The molecule has 0 bridgehead atoms. The predicted octanol–water partition coefficient (Wildman–Crippen LogP) is 5.34. The molecule has 9 nitrogen and oxygen atoms in total. The number of amides is 1. The third-order valence-electron chi connectivity index (χ3n) is 6.56. The Morgan fingerprint density at radius 3 is 2.48 bits per heavy atom. The number of fused-ring (bicyclic) bond motifs is 2. The molecule has 1 atom stereocenters. The summed E-state index contributed by atoms with van der Waals surface area (Å²) in [4.78, 5) is 50.6. The molecule has 0 spiro atoms. The fourth-order valence-corrected chi connectivity index (χ4v) is 6.98. The molecule has 3 aliphatic rings. The van der Waals surface area contributed by atoms with E-state index in [1.807, 2.05) is 0 Å². The molecular formula is C29H23NO8S2. The van der Waals surface area contributed by atoms with E-state index in [9.17, 15) is 34.5 Å². The molecule has 0 fully saturated rings. The number of hydrogen-bond donors (Lipinski definition) is 3. The van der Waals surface area contributed by atoms with E-state index in [1.165, 1.54) is 65.7 Å². The van der Waals surface area contributed by atoms with Crippen molar-refractivity contribution >= 4 is 52.3 Å². The Kier molecular flexibility index (Phi) is 7.35. The van der Waals surface area contributed by atoms with Crippen LogP contribution in [0.25, 0.3) is 33.4 Å². The van der Waals surface area contributed by atoms with Crippen molar-refractivity contribution < 1.29 is 34.1 Å². The molecule has 0 saturated heterocycles.